The van der Waals surface area contributed by atoms with Gasteiger partial charge in [-0.05, 0) is 37.2 Å². The van der Waals surface area contributed by atoms with Gasteiger partial charge in [-0.15, -0.1) is 0 Å². The molecule has 0 atom stereocenters. The molecule has 0 amide bonds. The fourth-order valence-electron chi connectivity index (χ4n) is 1.33. The average Bonchev–Trinajstić information content (AvgIpc) is 1.99. The molecule has 1 aromatic carbocycles. The summed E-state index contributed by atoms with van der Waals surface area (Å²) in [4.78, 5) is 2.45. The summed E-state index contributed by atoms with van der Waals surface area (Å²) < 4.78 is 0. The first-order valence-electron chi connectivity index (χ1n) is 4.12. The molecule has 0 aromatic heterocycles. The molecule has 0 aliphatic carbocycles. The molecule has 1 aromatic rings. The molecule has 1 fully saturated rings. The summed E-state index contributed by atoms with van der Waals surface area (Å²) in [6.45, 7) is 3.65. The molecule has 0 spiro atoms. The maximum atomic E-state index is 3.09. The molecule has 1 heteroatoms. The zero-order chi connectivity index (χ0) is 7.52. The summed E-state index contributed by atoms with van der Waals surface area (Å²) >= 11 is 0. The van der Waals surface area contributed by atoms with Crippen molar-refractivity contribution in [1.82, 2.24) is 4.90 Å². The van der Waals surface area contributed by atoms with E-state index < -0.39 is 0 Å². The van der Waals surface area contributed by atoms with Crippen LogP contribution in [0, 0.1) is 6.07 Å². The lowest BCUT2D eigenvalue weighted by atomic mass is 10.1. The van der Waals surface area contributed by atoms with Gasteiger partial charge in [0.15, 0.2) is 0 Å². The highest BCUT2D eigenvalue weighted by Crippen LogP contribution is 2.10. The Morgan fingerprint density at radius 2 is 2.36 bits per heavy atom. The SMILES string of the molecule is [c]1cccc(CN2CCC2)c1. The summed E-state index contributed by atoms with van der Waals surface area (Å²) in [6, 6.07) is 11.3. The van der Waals surface area contributed by atoms with E-state index in [-0.39, 0.29) is 0 Å². The molecule has 1 aliphatic rings. The Bertz CT molecular complexity index is 214. The molecule has 2 rings (SSSR count). The van der Waals surface area contributed by atoms with Gasteiger partial charge in [0.2, 0.25) is 0 Å². The van der Waals surface area contributed by atoms with E-state index in [0.717, 1.165) is 6.54 Å². The van der Waals surface area contributed by atoms with E-state index in [9.17, 15) is 0 Å². The van der Waals surface area contributed by atoms with E-state index in [1.54, 1.807) is 0 Å². The largest absolute Gasteiger partial charge is 0.299 e. The number of hydrogen-bond donors (Lipinski definition) is 0. The van der Waals surface area contributed by atoms with Gasteiger partial charge in [-0.1, -0.05) is 18.2 Å². The molecule has 57 valence electrons. The Labute approximate surface area is 67.6 Å². The van der Waals surface area contributed by atoms with Crippen molar-refractivity contribution in [2.45, 2.75) is 13.0 Å². The minimum atomic E-state index is 1.11. The van der Waals surface area contributed by atoms with Crippen LogP contribution in [0.5, 0.6) is 0 Å². The van der Waals surface area contributed by atoms with Crippen LogP contribution in [0.3, 0.4) is 0 Å². The van der Waals surface area contributed by atoms with Crippen LogP contribution in [0.4, 0.5) is 0 Å². The molecule has 1 nitrogen and oxygen atoms in total. The topological polar surface area (TPSA) is 3.24 Å². The number of likely N-dealkylation sites (tertiary alicyclic amines) is 1. The van der Waals surface area contributed by atoms with Crippen molar-refractivity contribution in [3.63, 3.8) is 0 Å². The lowest BCUT2D eigenvalue weighted by molar-refractivity contribution is 0.172. The lowest BCUT2D eigenvalue weighted by Crippen LogP contribution is -2.36. The van der Waals surface area contributed by atoms with Crippen molar-refractivity contribution >= 4 is 0 Å². The van der Waals surface area contributed by atoms with Crippen molar-refractivity contribution < 1.29 is 0 Å². The van der Waals surface area contributed by atoms with E-state index in [1.807, 2.05) is 6.07 Å². The maximum Gasteiger partial charge on any atom is 0.0233 e. The number of rotatable bonds is 2. The average molecular weight is 146 g/mol. The second-order valence-corrected chi connectivity index (χ2v) is 3.04. The highest BCUT2D eigenvalue weighted by atomic mass is 15.2. The van der Waals surface area contributed by atoms with Crippen molar-refractivity contribution in [2.75, 3.05) is 13.1 Å². The highest BCUT2D eigenvalue weighted by molar-refractivity contribution is 5.13. The second-order valence-electron chi connectivity index (χ2n) is 3.04. The van der Waals surface area contributed by atoms with Crippen LogP contribution >= 0.6 is 0 Å². The first kappa shape index (κ1) is 6.86. The van der Waals surface area contributed by atoms with Crippen LogP contribution in [-0.2, 0) is 6.54 Å². The van der Waals surface area contributed by atoms with Gasteiger partial charge >= 0.3 is 0 Å². The monoisotopic (exact) mass is 146 g/mol. The molecule has 1 heterocycles. The Kier molecular flexibility index (Phi) is 1.91. The van der Waals surface area contributed by atoms with Crippen LogP contribution in [0.1, 0.15) is 12.0 Å². The first-order valence-corrected chi connectivity index (χ1v) is 4.12. The lowest BCUT2D eigenvalue weighted by Gasteiger charge is -2.30. The third-order valence-electron chi connectivity index (χ3n) is 2.13. The number of benzene rings is 1. The maximum absolute atomic E-state index is 3.09. The molecule has 11 heavy (non-hydrogen) atoms. The predicted octanol–water partition coefficient (Wildman–Crippen LogP) is 1.69. The fraction of sp³-hybridized carbons (Fsp3) is 0.400. The van der Waals surface area contributed by atoms with Crippen LogP contribution in [0.25, 0.3) is 0 Å². The van der Waals surface area contributed by atoms with Crippen LogP contribution in [-0.4, -0.2) is 18.0 Å². The summed E-state index contributed by atoms with van der Waals surface area (Å²) in [7, 11) is 0. The zero-order valence-electron chi connectivity index (χ0n) is 6.59. The van der Waals surface area contributed by atoms with Crippen LogP contribution in [0.15, 0.2) is 24.3 Å². The molecule has 1 aliphatic heterocycles. The van der Waals surface area contributed by atoms with Gasteiger partial charge in [0.25, 0.3) is 0 Å². The number of hydrogen-bond acceptors (Lipinski definition) is 1. The fourth-order valence-corrected chi connectivity index (χ4v) is 1.33. The summed E-state index contributed by atoms with van der Waals surface area (Å²) in [5, 5.41) is 0. The Morgan fingerprint density at radius 3 is 2.91 bits per heavy atom. The molecular formula is C10H12N. The smallest absolute Gasteiger partial charge is 0.0233 e. The summed E-state index contributed by atoms with van der Waals surface area (Å²) in [5.74, 6) is 0. The van der Waals surface area contributed by atoms with E-state index in [4.69, 9.17) is 0 Å². The van der Waals surface area contributed by atoms with Gasteiger partial charge < -0.3 is 0 Å². The molecule has 0 unspecified atom stereocenters. The predicted molar refractivity (Wildman–Crippen MR) is 45.2 cm³/mol. The summed E-state index contributed by atoms with van der Waals surface area (Å²) in [5.41, 5.74) is 1.38. The van der Waals surface area contributed by atoms with Crippen LogP contribution < -0.4 is 0 Å². The Morgan fingerprint density at radius 1 is 1.45 bits per heavy atom. The third kappa shape index (κ3) is 1.60. The standard InChI is InChI=1S/C10H12N/c1-2-5-10(6-3-1)9-11-7-4-8-11/h1-2,5-6H,4,7-9H2. The van der Waals surface area contributed by atoms with E-state index >= 15 is 0 Å². The van der Waals surface area contributed by atoms with Crippen molar-refractivity contribution in [3.8, 4) is 0 Å². The normalized spacial score (nSPS) is 17.8. The molecule has 0 N–H and O–H groups in total. The van der Waals surface area contributed by atoms with E-state index in [2.05, 4.69) is 29.2 Å². The van der Waals surface area contributed by atoms with Gasteiger partial charge in [-0.3, -0.25) is 4.90 Å². The van der Waals surface area contributed by atoms with Gasteiger partial charge in [-0.2, -0.15) is 0 Å². The third-order valence-corrected chi connectivity index (χ3v) is 2.13. The summed E-state index contributed by atoms with van der Waals surface area (Å²) in [6.07, 6.45) is 1.37. The van der Waals surface area contributed by atoms with Crippen molar-refractivity contribution in [1.29, 1.82) is 0 Å². The zero-order valence-corrected chi connectivity index (χ0v) is 6.59. The quantitative estimate of drug-likeness (QED) is 0.613. The van der Waals surface area contributed by atoms with Gasteiger partial charge in [0.1, 0.15) is 0 Å². The first-order chi connectivity index (χ1) is 5.45. The van der Waals surface area contributed by atoms with Crippen LogP contribution in [0.2, 0.25) is 0 Å². The molecule has 1 radical (unpaired) electrons. The van der Waals surface area contributed by atoms with Gasteiger partial charge in [0.05, 0.1) is 0 Å². The van der Waals surface area contributed by atoms with Crippen molar-refractivity contribution in [3.05, 3.63) is 35.9 Å². The van der Waals surface area contributed by atoms with E-state index in [1.165, 1.54) is 25.1 Å². The Hall–Kier alpha value is -0.820. The Balaban J connectivity index is 1.95. The minimum Gasteiger partial charge on any atom is -0.299 e. The van der Waals surface area contributed by atoms with Crippen molar-refractivity contribution in [2.24, 2.45) is 0 Å². The van der Waals surface area contributed by atoms with Gasteiger partial charge in [-0.25, -0.2) is 0 Å². The van der Waals surface area contributed by atoms with E-state index in [0.29, 0.717) is 0 Å². The second kappa shape index (κ2) is 3.05. The molecular weight excluding hydrogens is 134 g/mol. The highest BCUT2D eigenvalue weighted by Gasteiger charge is 2.12. The molecule has 0 bridgehead atoms. The number of nitrogens with zero attached hydrogens (tertiary/aromatic N) is 1. The van der Waals surface area contributed by atoms with Gasteiger partial charge in [0, 0.05) is 6.54 Å². The molecule has 0 saturated carbocycles. The minimum absolute atomic E-state index is 1.11. The molecule has 1 saturated heterocycles.